The van der Waals surface area contributed by atoms with E-state index in [0.717, 1.165) is 58.7 Å². The fourth-order valence-corrected chi connectivity index (χ4v) is 3.58. The summed E-state index contributed by atoms with van der Waals surface area (Å²) in [4.78, 5) is 18.5. The van der Waals surface area contributed by atoms with E-state index in [1.165, 1.54) is 13.0 Å². The Hall–Kier alpha value is -0.850. The minimum atomic E-state index is 0.103. The van der Waals surface area contributed by atoms with Crippen LogP contribution < -0.4 is 11.1 Å². The molecule has 3 heterocycles. The van der Waals surface area contributed by atoms with Gasteiger partial charge in [-0.2, -0.15) is 0 Å². The van der Waals surface area contributed by atoms with Crippen LogP contribution in [0.1, 0.15) is 19.3 Å². The van der Waals surface area contributed by atoms with Gasteiger partial charge in [-0.25, -0.2) is 4.79 Å². The highest BCUT2D eigenvalue weighted by atomic mass is 16.2. The van der Waals surface area contributed by atoms with E-state index in [4.69, 9.17) is 5.73 Å². The van der Waals surface area contributed by atoms with Gasteiger partial charge in [0.15, 0.2) is 0 Å². The predicted octanol–water partition coefficient (Wildman–Crippen LogP) is -0.491. The molecule has 3 N–H and O–H groups in total. The SMILES string of the molecule is NC1CCN(C2CCN(CCN3CCNC3=O)C2)CC1. The van der Waals surface area contributed by atoms with E-state index in [2.05, 4.69) is 15.1 Å². The zero-order valence-electron chi connectivity index (χ0n) is 12.3. The first-order valence-electron chi connectivity index (χ1n) is 7.97. The Bertz CT molecular complexity index is 342. The Morgan fingerprint density at radius 3 is 2.60 bits per heavy atom. The van der Waals surface area contributed by atoms with Crippen molar-refractivity contribution in [3.8, 4) is 0 Å². The van der Waals surface area contributed by atoms with Gasteiger partial charge in [0.1, 0.15) is 0 Å². The smallest absolute Gasteiger partial charge is 0.317 e. The highest BCUT2D eigenvalue weighted by Crippen LogP contribution is 2.19. The fourth-order valence-electron chi connectivity index (χ4n) is 3.58. The Balaban J connectivity index is 1.39. The number of hydrogen-bond donors (Lipinski definition) is 2. The maximum Gasteiger partial charge on any atom is 0.317 e. The van der Waals surface area contributed by atoms with E-state index in [1.54, 1.807) is 0 Å². The number of nitrogens with zero attached hydrogens (tertiary/aromatic N) is 3. The van der Waals surface area contributed by atoms with Gasteiger partial charge in [-0.3, -0.25) is 9.80 Å². The largest absolute Gasteiger partial charge is 0.336 e. The Labute approximate surface area is 121 Å². The second-order valence-corrected chi connectivity index (χ2v) is 6.34. The van der Waals surface area contributed by atoms with Crippen molar-refractivity contribution in [3.63, 3.8) is 0 Å². The first-order chi connectivity index (χ1) is 9.72. The van der Waals surface area contributed by atoms with Crippen LogP contribution in [-0.2, 0) is 0 Å². The second-order valence-electron chi connectivity index (χ2n) is 6.34. The molecule has 20 heavy (non-hydrogen) atoms. The standard InChI is InChI=1S/C14H27N5O/c15-12-1-6-18(7-2-12)13-3-5-17(11-13)9-10-19-8-4-16-14(19)20/h12-13H,1-11,15H2,(H,16,20). The number of urea groups is 1. The number of nitrogens with one attached hydrogen (secondary N) is 1. The third-order valence-corrected chi connectivity index (χ3v) is 4.97. The molecule has 0 radical (unpaired) electrons. The molecular weight excluding hydrogens is 254 g/mol. The van der Waals surface area contributed by atoms with Crippen molar-refractivity contribution in [3.05, 3.63) is 0 Å². The number of hydrogen-bond acceptors (Lipinski definition) is 4. The number of amides is 2. The van der Waals surface area contributed by atoms with Gasteiger partial charge in [0.25, 0.3) is 0 Å². The summed E-state index contributed by atoms with van der Waals surface area (Å²) in [5.41, 5.74) is 5.97. The molecule has 0 bridgehead atoms. The molecule has 0 spiro atoms. The van der Waals surface area contributed by atoms with Gasteiger partial charge in [0.05, 0.1) is 0 Å². The number of carbonyl (C=O) groups excluding carboxylic acids is 1. The zero-order chi connectivity index (χ0) is 13.9. The van der Waals surface area contributed by atoms with Gasteiger partial charge in [-0.15, -0.1) is 0 Å². The molecule has 3 aliphatic rings. The molecule has 3 aliphatic heterocycles. The summed E-state index contributed by atoms with van der Waals surface area (Å²) in [7, 11) is 0. The van der Waals surface area contributed by atoms with Gasteiger partial charge in [-0.1, -0.05) is 0 Å². The molecule has 3 fully saturated rings. The minimum absolute atomic E-state index is 0.103. The van der Waals surface area contributed by atoms with E-state index >= 15 is 0 Å². The third-order valence-electron chi connectivity index (χ3n) is 4.97. The Morgan fingerprint density at radius 2 is 1.90 bits per heavy atom. The van der Waals surface area contributed by atoms with E-state index in [0.29, 0.717) is 12.1 Å². The highest BCUT2D eigenvalue weighted by Gasteiger charge is 2.30. The molecule has 3 rings (SSSR count). The quantitative estimate of drug-likeness (QED) is 0.730. The molecule has 1 atom stereocenters. The van der Waals surface area contributed by atoms with Crippen LogP contribution in [-0.4, -0.2) is 85.2 Å². The average molecular weight is 281 g/mol. The summed E-state index contributed by atoms with van der Waals surface area (Å²) < 4.78 is 0. The molecule has 0 saturated carbocycles. The van der Waals surface area contributed by atoms with Gasteiger partial charge in [0, 0.05) is 44.8 Å². The summed E-state index contributed by atoms with van der Waals surface area (Å²) in [6.45, 7) is 8.19. The monoisotopic (exact) mass is 281 g/mol. The lowest BCUT2D eigenvalue weighted by molar-refractivity contribution is 0.150. The molecular formula is C14H27N5O. The van der Waals surface area contributed by atoms with Gasteiger partial charge in [0.2, 0.25) is 0 Å². The molecule has 0 aromatic heterocycles. The van der Waals surface area contributed by atoms with Gasteiger partial charge >= 0.3 is 6.03 Å². The maximum absolute atomic E-state index is 11.5. The lowest BCUT2D eigenvalue weighted by Crippen LogP contribution is -2.46. The molecule has 1 unspecified atom stereocenters. The Morgan fingerprint density at radius 1 is 1.10 bits per heavy atom. The first-order valence-corrected chi connectivity index (χ1v) is 7.97. The van der Waals surface area contributed by atoms with E-state index in [-0.39, 0.29) is 6.03 Å². The fraction of sp³-hybridized carbons (Fsp3) is 0.929. The van der Waals surface area contributed by atoms with Crippen molar-refractivity contribution < 1.29 is 4.79 Å². The van der Waals surface area contributed by atoms with Crippen molar-refractivity contribution in [1.29, 1.82) is 0 Å². The van der Waals surface area contributed by atoms with Crippen LogP contribution in [0.2, 0.25) is 0 Å². The number of likely N-dealkylation sites (tertiary alicyclic amines) is 2. The van der Waals surface area contributed by atoms with E-state index in [9.17, 15) is 4.79 Å². The molecule has 0 aromatic carbocycles. The maximum atomic E-state index is 11.5. The van der Waals surface area contributed by atoms with Crippen molar-refractivity contribution in [1.82, 2.24) is 20.0 Å². The summed E-state index contributed by atoms with van der Waals surface area (Å²) in [5.74, 6) is 0. The zero-order valence-corrected chi connectivity index (χ0v) is 12.3. The number of piperidine rings is 1. The summed E-state index contributed by atoms with van der Waals surface area (Å²) in [6.07, 6.45) is 3.55. The topological polar surface area (TPSA) is 64.8 Å². The van der Waals surface area contributed by atoms with Gasteiger partial charge < -0.3 is 16.0 Å². The second kappa shape index (κ2) is 6.28. The summed E-state index contributed by atoms with van der Waals surface area (Å²) in [6, 6.07) is 1.22. The molecule has 6 heteroatoms. The first kappa shape index (κ1) is 14.1. The molecule has 114 valence electrons. The van der Waals surface area contributed by atoms with Crippen LogP contribution in [0.3, 0.4) is 0 Å². The Kier molecular flexibility index (Phi) is 4.43. The van der Waals surface area contributed by atoms with Crippen LogP contribution >= 0.6 is 0 Å². The normalized spacial score (nSPS) is 30.1. The summed E-state index contributed by atoms with van der Waals surface area (Å²) >= 11 is 0. The van der Waals surface area contributed by atoms with Crippen molar-refractivity contribution in [2.75, 3.05) is 52.4 Å². The number of rotatable bonds is 4. The molecule has 0 aliphatic carbocycles. The molecule has 0 aromatic rings. The third kappa shape index (κ3) is 3.24. The van der Waals surface area contributed by atoms with Crippen LogP contribution in [0.5, 0.6) is 0 Å². The number of nitrogens with two attached hydrogens (primary N) is 1. The number of carbonyl (C=O) groups is 1. The summed E-state index contributed by atoms with van der Waals surface area (Å²) in [5, 5.41) is 2.86. The van der Waals surface area contributed by atoms with Gasteiger partial charge in [-0.05, 0) is 38.9 Å². The molecule has 2 amide bonds. The van der Waals surface area contributed by atoms with E-state index in [1.807, 2.05) is 4.90 Å². The van der Waals surface area contributed by atoms with E-state index < -0.39 is 0 Å². The van der Waals surface area contributed by atoms with Crippen LogP contribution in [0.4, 0.5) is 4.79 Å². The minimum Gasteiger partial charge on any atom is -0.336 e. The lowest BCUT2D eigenvalue weighted by Gasteiger charge is -2.34. The molecule has 6 nitrogen and oxygen atoms in total. The van der Waals surface area contributed by atoms with Crippen LogP contribution in [0, 0.1) is 0 Å². The van der Waals surface area contributed by atoms with Crippen LogP contribution in [0.25, 0.3) is 0 Å². The van der Waals surface area contributed by atoms with Crippen molar-refractivity contribution in [2.24, 2.45) is 5.73 Å². The highest BCUT2D eigenvalue weighted by molar-refractivity contribution is 5.76. The predicted molar refractivity (Wildman–Crippen MR) is 78.6 cm³/mol. The van der Waals surface area contributed by atoms with Crippen molar-refractivity contribution in [2.45, 2.75) is 31.3 Å². The lowest BCUT2D eigenvalue weighted by atomic mass is 10.0. The molecule has 3 saturated heterocycles. The van der Waals surface area contributed by atoms with Crippen molar-refractivity contribution >= 4 is 6.03 Å². The average Bonchev–Trinajstić information content (AvgIpc) is 3.06. The van der Waals surface area contributed by atoms with Crippen LogP contribution in [0.15, 0.2) is 0 Å².